The number of ether oxygens (including phenoxy) is 1. The summed E-state index contributed by atoms with van der Waals surface area (Å²) in [4.78, 5) is 28.3. The molecular weight excluding hydrogens is 382 g/mol. The van der Waals surface area contributed by atoms with E-state index in [1.807, 2.05) is 24.3 Å². The number of sulfonamides is 1. The van der Waals surface area contributed by atoms with Gasteiger partial charge in [-0.15, -0.1) is 0 Å². The molecule has 2 aliphatic rings. The van der Waals surface area contributed by atoms with Crippen molar-refractivity contribution in [2.75, 3.05) is 38.5 Å². The Hall–Kier alpha value is -2.13. The first-order valence-corrected chi connectivity index (χ1v) is 11.2. The Labute approximate surface area is 166 Å². The number of nitrogens with zero attached hydrogens (tertiary/aromatic N) is 3. The van der Waals surface area contributed by atoms with Crippen LogP contribution in [0.4, 0.5) is 4.79 Å². The summed E-state index contributed by atoms with van der Waals surface area (Å²) in [7, 11) is -3.53. The van der Waals surface area contributed by atoms with Crippen LogP contribution in [0.5, 0.6) is 0 Å². The normalized spacial score (nSPS) is 20.6. The highest BCUT2D eigenvalue weighted by atomic mass is 32.2. The van der Waals surface area contributed by atoms with E-state index in [0.717, 1.165) is 11.1 Å². The lowest BCUT2D eigenvalue weighted by Crippen LogP contribution is -2.58. The largest absolute Gasteiger partial charge is 0.450 e. The molecule has 1 fully saturated rings. The van der Waals surface area contributed by atoms with E-state index >= 15 is 0 Å². The van der Waals surface area contributed by atoms with Gasteiger partial charge < -0.3 is 14.5 Å². The molecule has 9 heteroatoms. The van der Waals surface area contributed by atoms with Crippen molar-refractivity contribution in [3.63, 3.8) is 0 Å². The van der Waals surface area contributed by atoms with Crippen molar-refractivity contribution in [3.8, 4) is 0 Å². The fourth-order valence-electron chi connectivity index (χ4n) is 3.70. The summed E-state index contributed by atoms with van der Waals surface area (Å²) in [5.41, 5.74) is 1.95. The Bertz CT molecular complexity index is 834. The fourth-order valence-corrected chi connectivity index (χ4v) is 4.92. The zero-order valence-corrected chi connectivity index (χ0v) is 17.2. The van der Waals surface area contributed by atoms with Gasteiger partial charge in [0.2, 0.25) is 15.9 Å². The van der Waals surface area contributed by atoms with E-state index < -0.39 is 16.1 Å². The third kappa shape index (κ3) is 4.15. The predicted octanol–water partition coefficient (Wildman–Crippen LogP) is 1.06. The molecule has 0 aromatic heterocycles. The van der Waals surface area contributed by atoms with Crippen LogP contribution in [-0.4, -0.2) is 79.1 Å². The molecule has 0 spiro atoms. The molecule has 0 saturated carbocycles. The lowest BCUT2D eigenvalue weighted by Gasteiger charge is -2.40. The summed E-state index contributed by atoms with van der Waals surface area (Å²) in [6.07, 6.45) is -0.0110. The van der Waals surface area contributed by atoms with Crippen LogP contribution in [-0.2, 0) is 32.5 Å². The lowest BCUT2D eigenvalue weighted by atomic mass is 9.95. The van der Waals surface area contributed by atoms with Crippen molar-refractivity contribution >= 4 is 22.0 Å². The van der Waals surface area contributed by atoms with Gasteiger partial charge in [0.05, 0.1) is 12.4 Å². The Morgan fingerprint density at radius 3 is 2.25 bits per heavy atom. The average Bonchev–Trinajstić information content (AvgIpc) is 2.72. The molecule has 2 amide bonds. The standard InChI is InChI=1S/C19H27N3O5S/c1-3-27-19(24)21-11-9-20(10-12-21)18(23)17-13-15-7-5-6-8-16(15)14-22(17)28(25,26)4-2/h5-8,17H,3-4,9-14H2,1-2H3/t17-/m0/s1. The topological polar surface area (TPSA) is 87.2 Å². The first-order chi connectivity index (χ1) is 13.4. The molecule has 8 nitrogen and oxygen atoms in total. The molecule has 0 unspecified atom stereocenters. The quantitative estimate of drug-likeness (QED) is 0.742. The molecule has 1 atom stereocenters. The van der Waals surface area contributed by atoms with Crippen LogP contribution in [0.2, 0.25) is 0 Å². The molecule has 1 aromatic rings. The Balaban J connectivity index is 1.76. The third-order valence-corrected chi connectivity index (χ3v) is 7.16. The Morgan fingerprint density at radius 1 is 1.04 bits per heavy atom. The minimum absolute atomic E-state index is 0.0460. The number of fused-ring (bicyclic) bond motifs is 1. The average molecular weight is 410 g/mol. The van der Waals surface area contributed by atoms with Gasteiger partial charge in [0, 0.05) is 32.7 Å². The van der Waals surface area contributed by atoms with Crippen molar-refractivity contribution < 1.29 is 22.7 Å². The molecule has 1 saturated heterocycles. The zero-order chi connectivity index (χ0) is 20.3. The van der Waals surface area contributed by atoms with Gasteiger partial charge in [-0.1, -0.05) is 24.3 Å². The Morgan fingerprint density at radius 2 is 1.64 bits per heavy atom. The van der Waals surface area contributed by atoms with Crippen LogP contribution in [0.25, 0.3) is 0 Å². The molecule has 0 bridgehead atoms. The van der Waals surface area contributed by atoms with Crippen LogP contribution in [0.15, 0.2) is 24.3 Å². The smallest absolute Gasteiger partial charge is 0.409 e. The number of hydrogen-bond donors (Lipinski definition) is 0. The highest BCUT2D eigenvalue weighted by Gasteiger charge is 2.40. The van der Waals surface area contributed by atoms with Gasteiger partial charge in [-0.25, -0.2) is 13.2 Å². The number of carbonyl (C=O) groups excluding carboxylic acids is 2. The van der Waals surface area contributed by atoms with Crippen LogP contribution in [0, 0.1) is 0 Å². The molecular formula is C19H27N3O5S. The maximum atomic E-state index is 13.2. The van der Waals surface area contributed by atoms with Gasteiger partial charge in [-0.3, -0.25) is 4.79 Å². The summed E-state index contributed by atoms with van der Waals surface area (Å²) < 4.78 is 31.7. The number of benzene rings is 1. The number of amides is 2. The second-order valence-corrected chi connectivity index (χ2v) is 9.16. The lowest BCUT2D eigenvalue weighted by molar-refractivity contribution is -0.137. The van der Waals surface area contributed by atoms with Crippen LogP contribution in [0.1, 0.15) is 25.0 Å². The zero-order valence-electron chi connectivity index (χ0n) is 16.3. The fraction of sp³-hybridized carbons (Fsp3) is 0.579. The van der Waals surface area contributed by atoms with Crippen LogP contribution >= 0.6 is 0 Å². The highest BCUT2D eigenvalue weighted by molar-refractivity contribution is 7.89. The first-order valence-electron chi connectivity index (χ1n) is 9.64. The van der Waals surface area contributed by atoms with E-state index in [0.29, 0.717) is 39.2 Å². The minimum atomic E-state index is -3.53. The Kier molecular flexibility index (Phi) is 6.24. The number of piperazine rings is 1. The van der Waals surface area contributed by atoms with Gasteiger partial charge >= 0.3 is 6.09 Å². The number of carbonyl (C=O) groups is 2. The van der Waals surface area contributed by atoms with Crippen LogP contribution < -0.4 is 0 Å². The van der Waals surface area contributed by atoms with Crippen molar-refractivity contribution in [2.45, 2.75) is 32.9 Å². The van der Waals surface area contributed by atoms with Gasteiger partial charge in [-0.05, 0) is 31.4 Å². The van der Waals surface area contributed by atoms with Gasteiger partial charge in [-0.2, -0.15) is 4.31 Å². The SMILES string of the molecule is CCOC(=O)N1CCN(C(=O)[C@@H]2Cc3ccccc3CN2S(=O)(=O)CC)CC1. The van der Waals surface area contributed by atoms with Crippen molar-refractivity contribution in [2.24, 2.45) is 0 Å². The minimum Gasteiger partial charge on any atom is -0.450 e. The molecule has 0 aliphatic carbocycles. The summed E-state index contributed by atoms with van der Waals surface area (Å²) in [6.45, 7) is 5.38. The summed E-state index contributed by atoms with van der Waals surface area (Å²) in [5, 5.41) is 0. The molecule has 2 aliphatic heterocycles. The monoisotopic (exact) mass is 409 g/mol. The molecule has 0 N–H and O–H groups in total. The maximum Gasteiger partial charge on any atom is 0.409 e. The van der Waals surface area contributed by atoms with Gasteiger partial charge in [0.25, 0.3) is 0 Å². The van der Waals surface area contributed by atoms with Crippen molar-refractivity contribution in [1.29, 1.82) is 0 Å². The van der Waals surface area contributed by atoms with Crippen molar-refractivity contribution in [3.05, 3.63) is 35.4 Å². The van der Waals surface area contributed by atoms with E-state index in [2.05, 4.69) is 0 Å². The van der Waals surface area contributed by atoms with E-state index in [9.17, 15) is 18.0 Å². The van der Waals surface area contributed by atoms with Gasteiger partial charge in [0.1, 0.15) is 6.04 Å². The second-order valence-electron chi connectivity index (χ2n) is 6.95. The van der Waals surface area contributed by atoms with Crippen LogP contribution in [0.3, 0.4) is 0 Å². The molecule has 3 rings (SSSR count). The number of rotatable bonds is 4. The highest BCUT2D eigenvalue weighted by Crippen LogP contribution is 2.27. The van der Waals surface area contributed by atoms with E-state index in [4.69, 9.17) is 4.74 Å². The summed E-state index contributed by atoms with van der Waals surface area (Å²) in [5.74, 6) is -0.245. The summed E-state index contributed by atoms with van der Waals surface area (Å²) in [6, 6.07) is 6.90. The molecule has 154 valence electrons. The van der Waals surface area contributed by atoms with E-state index in [-0.39, 0.29) is 24.3 Å². The molecule has 0 radical (unpaired) electrons. The third-order valence-electron chi connectivity index (χ3n) is 5.33. The second kappa shape index (κ2) is 8.48. The molecule has 28 heavy (non-hydrogen) atoms. The predicted molar refractivity (Wildman–Crippen MR) is 104 cm³/mol. The van der Waals surface area contributed by atoms with Gasteiger partial charge in [0.15, 0.2) is 0 Å². The molecule has 1 aromatic carbocycles. The van der Waals surface area contributed by atoms with E-state index in [1.165, 1.54) is 4.31 Å². The van der Waals surface area contributed by atoms with E-state index in [1.54, 1.807) is 23.6 Å². The van der Waals surface area contributed by atoms with Crippen molar-refractivity contribution in [1.82, 2.24) is 14.1 Å². The first kappa shape index (κ1) is 20.6. The summed E-state index contributed by atoms with van der Waals surface area (Å²) >= 11 is 0. The maximum absolute atomic E-state index is 13.2. The molecule has 2 heterocycles. The number of hydrogen-bond acceptors (Lipinski definition) is 5.